The van der Waals surface area contributed by atoms with Gasteiger partial charge in [0.05, 0.1) is 19.6 Å². The Labute approximate surface area is 362 Å². The number of aliphatic hydroxyl groups is 2. The molecular weight excluding hydrogens is 809 g/mol. The van der Waals surface area contributed by atoms with E-state index < -0.39 is 65.8 Å². The van der Waals surface area contributed by atoms with Gasteiger partial charge in [0.25, 0.3) is 0 Å². The molecule has 1 saturated heterocycles. The van der Waals surface area contributed by atoms with E-state index in [1.807, 2.05) is 30.3 Å². The molecule has 334 valence electrons. The largest absolute Gasteiger partial charge is 0.508 e. The van der Waals surface area contributed by atoms with Crippen molar-refractivity contribution in [3.8, 4) is 0 Å². The Hall–Kier alpha value is -1.86. The fourth-order valence-electron chi connectivity index (χ4n) is 7.06. The van der Waals surface area contributed by atoms with Gasteiger partial charge in [-0.25, -0.2) is 4.79 Å². The van der Waals surface area contributed by atoms with Gasteiger partial charge in [0.2, 0.25) is 9.70 Å². The standard InChI is InChI=1S/C44H72Cl3NO10/c1-3-5-7-9-11-13-14-16-18-20-25-29-38(51)56-35(28-24-19-17-15-12-10-8-6-4-2)30-37(50)48-39-41(58-43(53)55-33-44(45,46)47)40(52)36(31-49)57-42(39)54-32-34-26-22-21-23-27-34/h21-23,26-27,35-36,39-42,49,52H,3-20,24-25,28-33H2,1-2H3,(H,48,50)/t35-,36-,39-,40-,41-,42-/m1/s1. The van der Waals surface area contributed by atoms with Crippen molar-refractivity contribution in [2.24, 2.45) is 0 Å². The third-order valence-corrected chi connectivity index (χ3v) is 10.7. The summed E-state index contributed by atoms with van der Waals surface area (Å²) < 4.78 is 26.4. The van der Waals surface area contributed by atoms with Crippen LogP contribution in [0, 0.1) is 0 Å². The number of alkyl halides is 3. The van der Waals surface area contributed by atoms with Gasteiger partial charge in [0.1, 0.15) is 31.0 Å². The molecule has 1 aliphatic heterocycles. The second-order valence-corrected chi connectivity index (χ2v) is 18.1. The maximum absolute atomic E-state index is 13.8. The van der Waals surface area contributed by atoms with E-state index in [0.717, 1.165) is 56.9 Å². The summed E-state index contributed by atoms with van der Waals surface area (Å²) in [4.78, 5) is 39.7. The van der Waals surface area contributed by atoms with Crippen LogP contribution < -0.4 is 5.32 Å². The van der Waals surface area contributed by atoms with Crippen LogP contribution in [0.2, 0.25) is 0 Å². The molecule has 58 heavy (non-hydrogen) atoms. The highest BCUT2D eigenvalue weighted by molar-refractivity contribution is 6.67. The van der Waals surface area contributed by atoms with Crippen LogP contribution in [0.1, 0.15) is 167 Å². The Kier molecular flexibility index (Phi) is 28.8. The number of aliphatic hydroxyl groups excluding tert-OH is 2. The number of amides is 1. The number of nitrogens with one attached hydrogen (secondary N) is 1. The lowest BCUT2D eigenvalue weighted by Crippen LogP contribution is -2.66. The van der Waals surface area contributed by atoms with E-state index in [1.165, 1.54) is 77.0 Å². The Morgan fingerprint density at radius 3 is 1.86 bits per heavy atom. The Morgan fingerprint density at radius 1 is 0.793 bits per heavy atom. The Bertz CT molecular complexity index is 1220. The van der Waals surface area contributed by atoms with Crippen LogP contribution in [-0.2, 0) is 39.9 Å². The predicted octanol–water partition coefficient (Wildman–Crippen LogP) is 10.6. The number of rotatable bonds is 32. The molecule has 1 aliphatic rings. The maximum atomic E-state index is 13.8. The first-order valence-corrected chi connectivity index (χ1v) is 23.1. The molecule has 0 spiro atoms. The quantitative estimate of drug-likeness (QED) is 0.0363. The maximum Gasteiger partial charge on any atom is 0.508 e. The van der Waals surface area contributed by atoms with Gasteiger partial charge in [-0.1, -0.05) is 195 Å². The summed E-state index contributed by atoms with van der Waals surface area (Å²) in [5, 5.41) is 24.0. The minimum Gasteiger partial charge on any atom is -0.462 e. The van der Waals surface area contributed by atoms with E-state index in [0.29, 0.717) is 6.42 Å². The van der Waals surface area contributed by atoms with Crippen LogP contribution in [0.5, 0.6) is 0 Å². The molecule has 2 rings (SSSR count). The van der Waals surface area contributed by atoms with E-state index in [1.54, 1.807) is 0 Å². The van der Waals surface area contributed by atoms with Crippen LogP contribution in [0.25, 0.3) is 0 Å². The van der Waals surface area contributed by atoms with Gasteiger partial charge in [0.15, 0.2) is 12.4 Å². The third kappa shape index (κ3) is 24.4. The zero-order valence-corrected chi connectivity index (χ0v) is 37.3. The molecule has 0 unspecified atom stereocenters. The van der Waals surface area contributed by atoms with Crippen molar-refractivity contribution in [1.29, 1.82) is 0 Å². The zero-order chi connectivity index (χ0) is 42.4. The highest BCUT2D eigenvalue weighted by atomic mass is 35.6. The number of hydrogen-bond donors (Lipinski definition) is 3. The number of unbranched alkanes of at least 4 members (excludes halogenated alkanes) is 18. The lowest BCUT2D eigenvalue weighted by Gasteiger charge is -2.43. The number of carbonyl (C=O) groups is 3. The van der Waals surface area contributed by atoms with E-state index >= 15 is 0 Å². The van der Waals surface area contributed by atoms with Gasteiger partial charge in [-0.3, -0.25) is 9.59 Å². The average Bonchev–Trinajstić information content (AvgIpc) is 3.19. The molecule has 0 aliphatic carbocycles. The van der Waals surface area contributed by atoms with E-state index in [2.05, 4.69) is 19.2 Å². The lowest BCUT2D eigenvalue weighted by molar-refractivity contribution is -0.274. The van der Waals surface area contributed by atoms with Crippen molar-refractivity contribution in [1.82, 2.24) is 5.32 Å². The minimum atomic E-state index is -1.93. The smallest absolute Gasteiger partial charge is 0.462 e. The fourth-order valence-corrected chi connectivity index (χ4v) is 7.22. The minimum absolute atomic E-state index is 0.0362. The van der Waals surface area contributed by atoms with Crippen molar-refractivity contribution in [3.05, 3.63) is 35.9 Å². The molecule has 0 bridgehead atoms. The fraction of sp³-hybridized carbons (Fsp3) is 0.795. The number of halogens is 3. The van der Waals surface area contributed by atoms with E-state index in [9.17, 15) is 24.6 Å². The molecule has 0 aromatic heterocycles. The summed E-state index contributed by atoms with van der Waals surface area (Å²) in [6.45, 7) is 3.18. The van der Waals surface area contributed by atoms with Gasteiger partial charge in [-0.15, -0.1) is 0 Å². The molecule has 0 saturated carbocycles. The highest BCUT2D eigenvalue weighted by Gasteiger charge is 2.49. The number of esters is 1. The summed E-state index contributed by atoms with van der Waals surface area (Å²) in [5.74, 6) is -0.878. The highest BCUT2D eigenvalue weighted by Crippen LogP contribution is 2.29. The van der Waals surface area contributed by atoms with Crippen molar-refractivity contribution in [2.75, 3.05) is 13.2 Å². The summed E-state index contributed by atoms with van der Waals surface area (Å²) in [5.41, 5.74) is 0.785. The molecular formula is C44H72Cl3NO10. The average molecular weight is 881 g/mol. The first-order valence-electron chi connectivity index (χ1n) is 22.0. The van der Waals surface area contributed by atoms with Gasteiger partial charge >= 0.3 is 12.1 Å². The van der Waals surface area contributed by atoms with Crippen LogP contribution in [0.4, 0.5) is 4.79 Å². The summed E-state index contributed by atoms with van der Waals surface area (Å²) >= 11 is 17.2. The summed E-state index contributed by atoms with van der Waals surface area (Å²) in [6.07, 6.45) is 16.0. The first kappa shape index (κ1) is 52.3. The number of benzene rings is 1. The number of ether oxygens (including phenoxy) is 5. The molecule has 6 atom stereocenters. The molecule has 0 radical (unpaired) electrons. The zero-order valence-electron chi connectivity index (χ0n) is 35.0. The molecule has 1 heterocycles. The molecule has 11 nitrogen and oxygen atoms in total. The van der Waals surface area contributed by atoms with Gasteiger partial charge in [-0.2, -0.15) is 0 Å². The van der Waals surface area contributed by atoms with Crippen molar-refractivity contribution in [3.63, 3.8) is 0 Å². The van der Waals surface area contributed by atoms with Crippen molar-refractivity contribution >= 4 is 52.8 Å². The molecule has 14 heteroatoms. The van der Waals surface area contributed by atoms with Crippen molar-refractivity contribution in [2.45, 2.75) is 209 Å². The molecule has 1 fully saturated rings. The topological polar surface area (TPSA) is 150 Å². The lowest BCUT2D eigenvalue weighted by atomic mass is 9.96. The van der Waals surface area contributed by atoms with Gasteiger partial charge in [-0.05, 0) is 24.8 Å². The number of hydrogen-bond acceptors (Lipinski definition) is 10. The SMILES string of the molecule is CCCCCCCCCCCCCC(=O)O[C@H](CCCCCCCCCCC)CC(=O)N[C@H]1[C@H](OCc2ccccc2)O[C@H](CO)[C@@H](O)[C@@H]1OC(=O)OCC(Cl)(Cl)Cl. The van der Waals surface area contributed by atoms with Crippen LogP contribution in [0.15, 0.2) is 30.3 Å². The van der Waals surface area contributed by atoms with Gasteiger partial charge < -0.3 is 39.2 Å². The van der Waals surface area contributed by atoms with Crippen molar-refractivity contribution < 1.29 is 48.3 Å². The molecule has 3 N–H and O–H groups in total. The normalized spacial score (nSPS) is 20.0. The van der Waals surface area contributed by atoms with E-state index in [4.69, 9.17) is 58.5 Å². The van der Waals surface area contributed by atoms with Gasteiger partial charge in [0, 0.05) is 6.42 Å². The molecule has 1 aromatic rings. The molecule has 1 aromatic carbocycles. The second kappa shape index (κ2) is 31.9. The Morgan fingerprint density at radius 2 is 1.33 bits per heavy atom. The summed E-state index contributed by atoms with van der Waals surface area (Å²) in [6, 6.07) is 7.91. The van der Waals surface area contributed by atoms with Crippen LogP contribution in [0.3, 0.4) is 0 Å². The first-order chi connectivity index (χ1) is 28.0. The monoisotopic (exact) mass is 879 g/mol. The predicted molar refractivity (Wildman–Crippen MR) is 229 cm³/mol. The summed E-state index contributed by atoms with van der Waals surface area (Å²) in [7, 11) is 0. The molecule has 1 amide bonds. The second-order valence-electron chi connectivity index (χ2n) is 15.6. The Balaban J connectivity index is 2.09. The van der Waals surface area contributed by atoms with E-state index in [-0.39, 0.29) is 25.4 Å². The van der Waals surface area contributed by atoms with Crippen LogP contribution >= 0.6 is 34.8 Å². The van der Waals surface area contributed by atoms with Crippen LogP contribution in [-0.4, -0.2) is 82.0 Å². The number of carbonyl (C=O) groups excluding carboxylic acids is 3. The third-order valence-electron chi connectivity index (χ3n) is 10.3.